The van der Waals surface area contributed by atoms with E-state index in [0.717, 1.165) is 11.5 Å². The zero-order chi connectivity index (χ0) is 14.8. The minimum Gasteiger partial charge on any atom is -0.486 e. The van der Waals surface area contributed by atoms with Crippen LogP contribution in [0.2, 0.25) is 0 Å². The van der Waals surface area contributed by atoms with Gasteiger partial charge in [-0.15, -0.1) is 11.3 Å². The highest BCUT2D eigenvalue weighted by atomic mass is 32.1. The lowest BCUT2D eigenvalue weighted by Gasteiger charge is -2.23. The van der Waals surface area contributed by atoms with E-state index in [1.807, 2.05) is 17.4 Å². The van der Waals surface area contributed by atoms with Gasteiger partial charge in [-0.3, -0.25) is 0 Å². The number of nitrogens with one attached hydrogen (secondary N) is 1. The Balaban J connectivity index is 1.73. The highest BCUT2D eigenvalue weighted by Crippen LogP contribution is 2.33. The molecule has 0 fully saturated rings. The molecule has 2 heterocycles. The summed E-state index contributed by atoms with van der Waals surface area (Å²) in [6, 6.07) is 8.97. The fourth-order valence-corrected chi connectivity index (χ4v) is 3.65. The topological polar surface area (TPSA) is 30.5 Å². The molecule has 1 aliphatic heterocycles. The Labute approximate surface area is 129 Å². The molecule has 1 aliphatic rings. The predicted octanol–water partition coefficient (Wildman–Crippen LogP) is 4.24. The number of fused-ring (bicyclic) bond motifs is 1. The van der Waals surface area contributed by atoms with Crippen molar-refractivity contribution in [1.29, 1.82) is 0 Å². The standard InChI is InChI=1S/C17H21NO2S/c1-11-6-9-21-17(11)13(3)18-12(2)14-4-5-15-16(10-14)20-8-7-19-15/h4-6,9-10,12-13,18H,7-8H2,1-3H3. The molecule has 1 N–H and O–H groups in total. The molecule has 3 rings (SSSR count). The molecule has 1 aromatic carbocycles. The van der Waals surface area contributed by atoms with Gasteiger partial charge in [-0.05, 0) is 55.5 Å². The van der Waals surface area contributed by atoms with Crippen LogP contribution in [-0.2, 0) is 0 Å². The summed E-state index contributed by atoms with van der Waals surface area (Å²) in [6.07, 6.45) is 0. The van der Waals surface area contributed by atoms with E-state index in [-0.39, 0.29) is 6.04 Å². The summed E-state index contributed by atoms with van der Waals surface area (Å²) in [5.41, 5.74) is 2.58. The van der Waals surface area contributed by atoms with Gasteiger partial charge in [0.05, 0.1) is 0 Å². The van der Waals surface area contributed by atoms with E-state index in [0.29, 0.717) is 19.3 Å². The summed E-state index contributed by atoms with van der Waals surface area (Å²) in [7, 11) is 0. The molecule has 21 heavy (non-hydrogen) atoms. The normalized spacial score (nSPS) is 16.5. The van der Waals surface area contributed by atoms with Crippen LogP contribution in [0.1, 0.15) is 41.9 Å². The molecule has 0 saturated heterocycles. The molecule has 2 unspecified atom stereocenters. The van der Waals surface area contributed by atoms with Gasteiger partial charge in [-0.25, -0.2) is 0 Å². The summed E-state index contributed by atoms with van der Waals surface area (Å²) >= 11 is 1.81. The Morgan fingerprint density at radius 3 is 2.52 bits per heavy atom. The summed E-state index contributed by atoms with van der Waals surface area (Å²) in [6.45, 7) is 7.83. The predicted molar refractivity (Wildman–Crippen MR) is 86.5 cm³/mol. The largest absolute Gasteiger partial charge is 0.486 e. The van der Waals surface area contributed by atoms with E-state index in [9.17, 15) is 0 Å². The van der Waals surface area contributed by atoms with Gasteiger partial charge in [0.25, 0.3) is 0 Å². The zero-order valence-electron chi connectivity index (χ0n) is 12.7. The van der Waals surface area contributed by atoms with Crippen molar-refractivity contribution in [3.63, 3.8) is 0 Å². The number of aryl methyl sites for hydroxylation is 1. The van der Waals surface area contributed by atoms with E-state index >= 15 is 0 Å². The molecule has 3 nitrogen and oxygen atoms in total. The summed E-state index contributed by atoms with van der Waals surface area (Å²) in [5, 5.41) is 5.81. The van der Waals surface area contributed by atoms with Gasteiger partial charge >= 0.3 is 0 Å². The smallest absolute Gasteiger partial charge is 0.161 e. The number of rotatable bonds is 4. The van der Waals surface area contributed by atoms with Gasteiger partial charge in [-0.1, -0.05) is 6.07 Å². The number of ether oxygens (including phenoxy) is 2. The first-order valence-electron chi connectivity index (χ1n) is 7.34. The molecule has 4 heteroatoms. The summed E-state index contributed by atoms with van der Waals surface area (Å²) < 4.78 is 11.2. The Kier molecular flexibility index (Phi) is 4.17. The minimum atomic E-state index is 0.261. The maximum atomic E-state index is 5.66. The van der Waals surface area contributed by atoms with Crippen molar-refractivity contribution in [3.05, 3.63) is 45.6 Å². The SMILES string of the molecule is Cc1ccsc1C(C)NC(C)c1ccc2c(c1)OCCO2. The van der Waals surface area contributed by atoms with E-state index in [2.05, 4.69) is 49.7 Å². The molecule has 112 valence electrons. The molecule has 0 spiro atoms. The lowest BCUT2D eigenvalue weighted by atomic mass is 10.1. The highest BCUT2D eigenvalue weighted by Gasteiger charge is 2.17. The van der Waals surface area contributed by atoms with Crippen LogP contribution in [0, 0.1) is 6.92 Å². The second kappa shape index (κ2) is 6.08. The lowest BCUT2D eigenvalue weighted by molar-refractivity contribution is 0.171. The number of hydrogen-bond donors (Lipinski definition) is 1. The lowest BCUT2D eigenvalue weighted by Crippen LogP contribution is -2.23. The fraction of sp³-hybridized carbons (Fsp3) is 0.412. The van der Waals surface area contributed by atoms with Crippen LogP contribution in [0.3, 0.4) is 0 Å². The van der Waals surface area contributed by atoms with E-state index in [4.69, 9.17) is 9.47 Å². The Hall–Kier alpha value is -1.52. The van der Waals surface area contributed by atoms with Gasteiger partial charge < -0.3 is 14.8 Å². The maximum Gasteiger partial charge on any atom is 0.161 e. The van der Waals surface area contributed by atoms with Gasteiger partial charge in [0.15, 0.2) is 11.5 Å². The second-order valence-electron chi connectivity index (χ2n) is 5.48. The third-order valence-corrected chi connectivity index (χ3v) is 5.06. The van der Waals surface area contributed by atoms with Crippen LogP contribution in [-0.4, -0.2) is 13.2 Å². The average molecular weight is 303 g/mol. The molecule has 0 aliphatic carbocycles. The third kappa shape index (κ3) is 3.06. The molecule has 0 bridgehead atoms. The van der Waals surface area contributed by atoms with Gasteiger partial charge in [-0.2, -0.15) is 0 Å². The quantitative estimate of drug-likeness (QED) is 0.916. The van der Waals surface area contributed by atoms with Crippen molar-refractivity contribution < 1.29 is 9.47 Å². The van der Waals surface area contributed by atoms with Crippen LogP contribution in [0.4, 0.5) is 0 Å². The molecular formula is C17H21NO2S. The second-order valence-corrected chi connectivity index (χ2v) is 6.43. The number of benzene rings is 1. The first-order chi connectivity index (χ1) is 10.1. The zero-order valence-corrected chi connectivity index (χ0v) is 13.5. The van der Waals surface area contributed by atoms with Gasteiger partial charge in [0.2, 0.25) is 0 Å². The van der Waals surface area contributed by atoms with Gasteiger partial charge in [0.1, 0.15) is 13.2 Å². The molecule has 2 aromatic rings. The Morgan fingerprint density at radius 2 is 1.81 bits per heavy atom. The number of hydrogen-bond acceptors (Lipinski definition) is 4. The van der Waals surface area contributed by atoms with Crippen LogP contribution >= 0.6 is 11.3 Å². The van der Waals surface area contributed by atoms with Crippen molar-refractivity contribution in [2.24, 2.45) is 0 Å². The monoisotopic (exact) mass is 303 g/mol. The highest BCUT2D eigenvalue weighted by molar-refractivity contribution is 7.10. The first kappa shape index (κ1) is 14.4. The third-order valence-electron chi connectivity index (χ3n) is 3.86. The molecule has 0 saturated carbocycles. The van der Waals surface area contributed by atoms with Crippen molar-refractivity contribution in [3.8, 4) is 11.5 Å². The summed E-state index contributed by atoms with van der Waals surface area (Å²) in [5.74, 6) is 1.70. The van der Waals surface area contributed by atoms with Gasteiger partial charge in [0, 0.05) is 17.0 Å². The summed E-state index contributed by atoms with van der Waals surface area (Å²) in [4.78, 5) is 1.40. The van der Waals surface area contributed by atoms with Crippen molar-refractivity contribution in [2.45, 2.75) is 32.9 Å². The van der Waals surface area contributed by atoms with E-state index in [1.165, 1.54) is 16.0 Å². The van der Waals surface area contributed by atoms with Crippen molar-refractivity contribution in [2.75, 3.05) is 13.2 Å². The fourth-order valence-electron chi connectivity index (χ4n) is 2.70. The minimum absolute atomic E-state index is 0.261. The van der Waals surface area contributed by atoms with E-state index < -0.39 is 0 Å². The Bertz CT molecular complexity index is 623. The molecule has 1 aromatic heterocycles. The van der Waals surface area contributed by atoms with Crippen LogP contribution in [0.5, 0.6) is 11.5 Å². The maximum absolute atomic E-state index is 5.66. The van der Waals surface area contributed by atoms with Crippen molar-refractivity contribution >= 4 is 11.3 Å². The molecule has 0 amide bonds. The molecule has 0 radical (unpaired) electrons. The molecule has 2 atom stereocenters. The van der Waals surface area contributed by atoms with Crippen LogP contribution in [0.25, 0.3) is 0 Å². The Morgan fingerprint density at radius 1 is 1.05 bits per heavy atom. The van der Waals surface area contributed by atoms with E-state index in [1.54, 1.807) is 0 Å². The molecular weight excluding hydrogens is 282 g/mol. The van der Waals surface area contributed by atoms with Crippen LogP contribution < -0.4 is 14.8 Å². The van der Waals surface area contributed by atoms with Crippen LogP contribution in [0.15, 0.2) is 29.6 Å². The number of thiophene rings is 1. The average Bonchev–Trinajstić information content (AvgIpc) is 2.93. The van der Waals surface area contributed by atoms with Crippen molar-refractivity contribution in [1.82, 2.24) is 5.32 Å². The first-order valence-corrected chi connectivity index (χ1v) is 8.22.